The number of aromatic nitrogens is 6. The summed E-state index contributed by atoms with van der Waals surface area (Å²) in [6, 6.07) is 6.84. The number of aromatic amines is 1. The van der Waals surface area contributed by atoms with Gasteiger partial charge < -0.3 is 20.9 Å². The van der Waals surface area contributed by atoms with E-state index >= 15 is 0 Å². The van der Waals surface area contributed by atoms with E-state index in [1.807, 2.05) is 32.2 Å². The van der Waals surface area contributed by atoms with Crippen LogP contribution in [0.25, 0.3) is 27.6 Å². The summed E-state index contributed by atoms with van der Waals surface area (Å²) in [6.45, 7) is 7.61. The third-order valence-electron chi connectivity index (χ3n) is 6.42. The fraction of sp³-hybridized carbons (Fsp3) is 0.360. The van der Waals surface area contributed by atoms with Crippen LogP contribution in [0.4, 0.5) is 15.9 Å². The second-order valence-electron chi connectivity index (χ2n) is 8.72. The number of rotatable bonds is 4. The molecule has 0 spiro atoms. The quantitative estimate of drug-likeness (QED) is 0.363. The van der Waals surface area contributed by atoms with Crippen molar-refractivity contribution in [2.24, 2.45) is 11.7 Å². The van der Waals surface area contributed by atoms with E-state index in [2.05, 4.69) is 32.2 Å². The predicted octanol–water partition coefficient (Wildman–Crippen LogP) is 3.74. The Balaban J connectivity index is 0.00000124. The molecule has 0 radical (unpaired) electrons. The van der Waals surface area contributed by atoms with Crippen molar-refractivity contribution in [3.05, 3.63) is 54.0 Å². The molecule has 1 aliphatic rings. The number of hydrogen-bond donors (Lipinski definition) is 3. The Morgan fingerprint density at radius 3 is 2.74 bits per heavy atom. The lowest BCUT2D eigenvalue weighted by Crippen LogP contribution is -2.29. The van der Waals surface area contributed by atoms with Crippen LogP contribution in [0.3, 0.4) is 0 Å². The predicted molar refractivity (Wildman–Crippen MR) is 137 cm³/mol. The zero-order chi connectivity index (χ0) is 24.7. The van der Waals surface area contributed by atoms with Gasteiger partial charge in [0.2, 0.25) is 0 Å². The highest BCUT2D eigenvalue weighted by Crippen LogP contribution is 2.37. The zero-order valence-corrected chi connectivity index (χ0v) is 20.4. The van der Waals surface area contributed by atoms with Crippen LogP contribution < -0.4 is 16.0 Å². The highest BCUT2D eigenvalue weighted by atomic mass is 19.1. The fourth-order valence-corrected chi connectivity index (χ4v) is 4.69. The minimum Gasteiger partial charge on any atom is -0.386 e. The number of anilines is 2. The number of fused-ring (bicyclic) bond motifs is 4. The van der Waals surface area contributed by atoms with Gasteiger partial charge in [0.15, 0.2) is 5.65 Å². The summed E-state index contributed by atoms with van der Waals surface area (Å²) in [5.74, 6) is 1.42. The molecule has 0 saturated carbocycles. The average molecular weight is 476 g/mol. The van der Waals surface area contributed by atoms with E-state index in [-0.39, 0.29) is 11.9 Å². The topological polar surface area (TPSA) is 113 Å². The SMILES string of the molecule is CC.CNc1cc(F)cc2c1[nH]c1nc(Cc3cc4ncccn4n3)nc(N3CC(C)C(N)C3)c12. The molecule has 0 bridgehead atoms. The molecule has 0 aliphatic carbocycles. The maximum atomic E-state index is 14.4. The lowest BCUT2D eigenvalue weighted by atomic mass is 10.1. The molecule has 5 aromatic rings. The molecule has 1 aromatic carbocycles. The maximum absolute atomic E-state index is 14.4. The van der Waals surface area contributed by atoms with Crippen molar-refractivity contribution < 1.29 is 4.39 Å². The Bertz CT molecular complexity index is 1460. The van der Waals surface area contributed by atoms with Crippen molar-refractivity contribution in [3.8, 4) is 0 Å². The fourth-order valence-electron chi connectivity index (χ4n) is 4.69. The number of nitrogens with one attached hydrogen (secondary N) is 2. The van der Waals surface area contributed by atoms with Gasteiger partial charge in [0.05, 0.1) is 28.7 Å². The molecular formula is C25H30FN9. The zero-order valence-electron chi connectivity index (χ0n) is 20.4. The summed E-state index contributed by atoms with van der Waals surface area (Å²) in [7, 11) is 1.77. The third-order valence-corrected chi connectivity index (χ3v) is 6.42. The molecule has 4 aromatic heterocycles. The molecule has 9 nitrogen and oxygen atoms in total. The smallest absolute Gasteiger partial charge is 0.155 e. The molecule has 2 unspecified atom stereocenters. The Kier molecular flexibility index (Phi) is 5.98. The Morgan fingerprint density at radius 2 is 2.03 bits per heavy atom. The first-order valence-electron chi connectivity index (χ1n) is 12.0. The van der Waals surface area contributed by atoms with E-state index in [0.29, 0.717) is 36.0 Å². The van der Waals surface area contributed by atoms with E-state index in [1.165, 1.54) is 12.1 Å². The summed E-state index contributed by atoms with van der Waals surface area (Å²) in [5, 5.41) is 9.22. The second-order valence-corrected chi connectivity index (χ2v) is 8.72. The van der Waals surface area contributed by atoms with Gasteiger partial charge in [0.1, 0.15) is 23.1 Å². The van der Waals surface area contributed by atoms with Crippen molar-refractivity contribution in [1.82, 2.24) is 29.5 Å². The van der Waals surface area contributed by atoms with Crippen LogP contribution in [0.15, 0.2) is 36.7 Å². The van der Waals surface area contributed by atoms with Crippen molar-refractivity contribution in [2.45, 2.75) is 33.2 Å². The van der Waals surface area contributed by atoms with Gasteiger partial charge in [0, 0.05) is 50.0 Å². The van der Waals surface area contributed by atoms with Gasteiger partial charge in [-0.1, -0.05) is 20.8 Å². The Hall–Kier alpha value is -3.79. The van der Waals surface area contributed by atoms with Crippen molar-refractivity contribution in [3.63, 3.8) is 0 Å². The maximum Gasteiger partial charge on any atom is 0.155 e. The number of nitrogens with zero attached hydrogens (tertiary/aromatic N) is 6. The van der Waals surface area contributed by atoms with Crippen molar-refractivity contribution in [1.29, 1.82) is 0 Å². The molecule has 1 aliphatic heterocycles. The van der Waals surface area contributed by atoms with Gasteiger partial charge in [-0.25, -0.2) is 23.9 Å². The van der Waals surface area contributed by atoms with E-state index in [4.69, 9.17) is 15.7 Å². The van der Waals surface area contributed by atoms with E-state index in [0.717, 1.165) is 40.0 Å². The standard InChI is InChI=1S/C23H24FN9.C2H6/c1-12-10-32(11-16(12)25)23-20-15-6-13(24)7-17(26-2)21(15)30-22(20)28-18(29-23)8-14-9-19-27-4-3-5-33(19)31-14;1-2/h3-7,9,12,16,26H,8,10-11,25H2,1-2H3,(H,28,29,30);1-2H3. The number of H-pyrrole nitrogens is 1. The highest BCUT2D eigenvalue weighted by molar-refractivity contribution is 6.14. The molecule has 6 rings (SSSR count). The first-order chi connectivity index (χ1) is 17.0. The highest BCUT2D eigenvalue weighted by Gasteiger charge is 2.30. The molecule has 1 fully saturated rings. The van der Waals surface area contributed by atoms with Crippen molar-refractivity contribution in [2.75, 3.05) is 30.4 Å². The molecule has 0 amide bonds. The van der Waals surface area contributed by atoms with Crippen LogP contribution in [0.2, 0.25) is 0 Å². The number of hydrogen-bond acceptors (Lipinski definition) is 7. The minimum atomic E-state index is -0.313. The summed E-state index contributed by atoms with van der Waals surface area (Å²) in [4.78, 5) is 19.7. The Labute approximate surface area is 202 Å². The number of halogens is 1. The van der Waals surface area contributed by atoms with E-state index in [9.17, 15) is 4.39 Å². The molecule has 1 saturated heterocycles. The second kappa shape index (κ2) is 9.10. The number of benzene rings is 1. The van der Waals surface area contributed by atoms with Gasteiger partial charge in [-0.05, 0) is 24.1 Å². The van der Waals surface area contributed by atoms with Crippen LogP contribution in [-0.4, -0.2) is 55.7 Å². The third kappa shape index (κ3) is 4.03. The van der Waals surface area contributed by atoms with Crippen LogP contribution in [0.5, 0.6) is 0 Å². The summed E-state index contributed by atoms with van der Waals surface area (Å²) in [6.07, 6.45) is 4.05. The summed E-state index contributed by atoms with van der Waals surface area (Å²) < 4.78 is 16.2. The molecule has 182 valence electrons. The normalized spacial score (nSPS) is 17.8. The monoisotopic (exact) mass is 475 g/mol. The van der Waals surface area contributed by atoms with Crippen molar-refractivity contribution >= 4 is 39.1 Å². The van der Waals surface area contributed by atoms with E-state index < -0.39 is 0 Å². The van der Waals surface area contributed by atoms with Crippen LogP contribution >= 0.6 is 0 Å². The minimum absolute atomic E-state index is 0.0535. The molecular weight excluding hydrogens is 445 g/mol. The van der Waals surface area contributed by atoms with Crippen LogP contribution in [-0.2, 0) is 6.42 Å². The summed E-state index contributed by atoms with van der Waals surface area (Å²) >= 11 is 0. The number of nitrogens with two attached hydrogens (primary N) is 1. The van der Waals surface area contributed by atoms with Gasteiger partial charge in [-0.3, -0.25) is 0 Å². The van der Waals surface area contributed by atoms with E-state index in [1.54, 1.807) is 17.8 Å². The molecule has 35 heavy (non-hydrogen) atoms. The lowest BCUT2D eigenvalue weighted by Gasteiger charge is -2.19. The van der Waals surface area contributed by atoms with Gasteiger partial charge in [0.25, 0.3) is 0 Å². The van der Waals surface area contributed by atoms with Gasteiger partial charge in [-0.2, -0.15) is 5.10 Å². The Morgan fingerprint density at radius 1 is 1.20 bits per heavy atom. The summed E-state index contributed by atoms with van der Waals surface area (Å²) in [5.41, 5.74) is 10.1. The van der Waals surface area contributed by atoms with Crippen LogP contribution in [0, 0.1) is 11.7 Å². The van der Waals surface area contributed by atoms with Gasteiger partial charge in [-0.15, -0.1) is 0 Å². The largest absolute Gasteiger partial charge is 0.386 e. The lowest BCUT2D eigenvalue weighted by molar-refractivity contribution is 0.566. The molecule has 10 heteroatoms. The molecule has 5 heterocycles. The molecule has 2 atom stereocenters. The van der Waals surface area contributed by atoms with Crippen LogP contribution in [0.1, 0.15) is 32.3 Å². The average Bonchev–Trinajstić information content (AvgIpc) is 3.53. The first kappa shape index (κ1) is 23.0. The first-order valence-corrected chi connectivity index (χ1v) is 12.0. The van der Waals surface area contributed by atoms with Gasteiger partial charge >= 0.3 is 0 Å². The molecule has 4 N–H and O–H groups in total.